The number of anilines is 3. The van der Waals surface area contributed by atoms with Crippen molar-refractivity contribution in [3.8, 4) is 50.2 Å². The summed E-state index contributed by atoms with van der Waals surface area (Å²) in [5.41, 5.74) is 19.6. The van der Waals surface area contributed by atoms with Crippen LogP contribution in [0.1, 0.15) is 25.0 Å². The number of aromatic nitrogens is 1. The summed E-state index contributed by atoms with van der Waals surface area (Å²) in [4.78, 5) is 2.47. The van der Waals surface area contributed by atoms with Gasteiger partial charge in [-0.15, -0.1) is 0 Å². The molecule has 0 spiro atoms. The van der Waals surface area contributed by atoms with E-state index < -0.39 is 0 Å². The SMILES string of the molecule is CC1(C)c2ccccc2N(c2ccccc2)c2cc3c(cc21)-c1ccccc1-c1cccc(-n2c4ccccc4c4ccccc42)c1-c1ccccc1-3. The zero-order valence-electron chi connectivity index (χ0n) is 29.7. The molecule has 8 aromatic carbocycles. The Morgan fingerprint density at radius 2 is 0.868 bits per heavy atom. The van der Waals surface area contributed by atoms with Crippen molar-refractivity contribution in [3.63, 3.8) is 0 Å². The maximum atomic E-state index is 2.51. The number of rotatable bonds is 2. The van der Waals surface area contributed by atoms with Crippen LogP contribution in [0.4, 0.5) is 17.1 Å². The van der Waals surface area contributed by atoms with Gasteiger partial charge in [0, 0.05) is 27.4 Å². The third-order valence-electron chi connectivity index (χ3n) is 11.7. The van der Waals surface area contributed by atoms with Crippen LogP contribution in [-0.4, -0.2) is 4.57 Å². The van der Waals surface area contributed by atoms with Crippen LogP contribution in [0.2, 0.25) is 0 Å². The molecule has 0 N–H and O–H groups in total. The second-order valence-corrected chi connectivity index (χ2v) is 14.9. The smallest absolute Gasteiger partial charge is 0.0547 e. The zero-order chi connectivity index (χ0) is 35.3. The molecule has 2 heteroatoms. The third-order valence-corrected chi connectivity index (χ3v) is 11.7. The summed E-state index contributed by atoms with van der Waals surface area (Å²) in [7, 11) is 0. The van der Waals surface area contributed by atoms with Crippen molar-refractivity contribution in [2.24, 2.45) is 0 Å². The molecule has 0 radical (unpaired) electrons. The predicted molar refractivity (Wildman–Crippen MR) is 223 cm³/mol. The Kier molecular flexibility index (Phi) is 6.33. The molecule has 53 heavy (non-hydrogen) atoms. The molecule has 0 unspecified atom stereocenters. The van der Waals surface area contributed by atoms with E-state index in [1.165, 1.54) is 94.5 Å². The van der Waals surface area contributed by atoms with Gasteiger partial charge in [0.1, 0.15) is 0 Å². The van der Waals surface area contributed by atoms with Crippen LogP contribution < -0.4 is 4.90 Å². The van der Waals surface area contributed by atoms with Crippen molar-refractivity contribution in [3.05, 3.63) is 193 Å². The second kappa shape index (κ2) is 11.2. The molecule has 0 saturated carbocycles. The molecule has 9 aromatic rings. The fraction of sp³-hybridized carbons (Fsp3) is 0.0588. The maximum absolute atomic E-state index is 2.51. The summed E-state index contributed by atoms with van der Waals surface area (Å²) < 4.78 is 2.48. The van der Waals surface area contributed by atoms with Crippen molar-refractivity contribution >= 4 is 38.9 Å². The molecule has 1 aliphatic heterocycles. The Hall–Kier alpha value is -6.64. The topological polar surface area (TPSA) is 8.17 Å². The number of fused-ring (bicyclic) bond motifs is 13. The average molecular weight is 677 g/mol. The highest BCUT2D eigenvalue weighted by atomic mass is 15.2. The van der Waals surface area contributed by atoms with Gasteiger partial charge < -0.3 is 9.47 Å². The molecular weight excluding hydrogens is 641 g/mol. The van der Waals surface area contributed by atoms with Crippen LogP contribution in [0.3, 0.4) is 0 Å². The van der Waals surface area contributed by atoms with E-state index in [2.05, 4.69) is 205 Å². The number of benzene rings is 8. The van der Waals surface area contributed by atoms with E-state index in [-0.39, 0.29) is 5.41 Å². The Labute approximate surface area is 309 Å². The fourth-order valence-corrected chi connectivity index (χ4v) is 9.35. The van der Waals surface area contributed by atoms with Gasteiger partial charge in [0.25, 0.3) is 0 Å². The van der Waals surface area contributed by atoms with E-state index in [0.29, 0.717) is 0 Å². The molecule has 0 saturated heterocycles. The van der Waals surface area contributed by atoms with E-state index in [1.54, 1.807) is 0 Å². The Bertz CT molecular complexity index is 2870. The summed E-state index contributed by atoms with van der Waals surface area (Å²) in [6.45, 7) is 4.77. The number of nitrogens with zero attached hydrogens (tertiary/aromatic N) is 2. The van der Waals surface area contributed by atoms with E-state index in [9.17, 15) is 0 Å². The van der Waals surface area contributed by atoms with Crippen molar-refractivity contribution in [1.82, 2.24) is 4.57 Å². The van der Waals surface area contributed by atoms with Gasteiger partial charge in [0.15, 0.2) is 0 Å². The van der Waals surface area contributed by atoms with Gasteiger partial charge in [-0.2, -0.15) is 0 Å². The first-order valence-corrected chi connectivity index (χ1v) is 18.5. The summed E-state index contributed by atoms with van der Waals surface area (Å²) in [5.74, 6) is 0. The molecule has 2 nitrogen and oxygen atoms in total. The van der Waals surface area contributed by atoms with E-state index in [0.717, 1.165) is 5.69 Å². The lowest BCUT2D eigenvalue weighted by atomic mass is 9.71. The first kappa shape index (κ1) is 30.0. The van der Waals surface area contributed by atoms with Crippen molar-refractivity contribution in [2.45, 2.75) is 19.3 Å². The molecule has 11 rings (SSSR count). The first-order chi connectivity index (χ1) is 26.1. The molecule has 0 bridgehead atoms. The third kappa shape index (κ3) is 4.21. The summed E-state index contributed by atoms with van der Waals surface area (Å²) in [6.07, 6.45) is 0. The monoisotopic (exact) mass is 676 g/mol. The number of para-hydroxylation sites is 4. The van der Waals surface area contributed by atoms with Crippen LogP contribution in [0.25, 0.3) is 72.0 Å². The molecule has 2 heterocycles. The predicted octanol–water partition coefficient (Wildman–Crippen LogP) is 13.9. The van der Waals surface area contributed by atoms with E-state index in [4.69, 9.17) is 0 Å². The van der Waals surface area contributed by atoms with Gasteiger partial charge in [-0.1, -0.05) is 147 Å². The highest BCUT2D eigenvalue weighted by Crippen LogP contribution is 2.57. The molecule has 1 aromatic heterocycles. The Balaban J connectivity index is 1.27. The van der Waals surface area contributed by atoms with Gasteiger partial charge in [0.2, 0.25) is 0 Å². The lowest BCUT2D eigenvalue weighted by molar-refractivity contribution is 0.632. The van der Waals surface area contributed by atoms with Crippen LogP contribution in [0, 0.1) is 0 Å². The number of hydrogen-bond donors (Lipinski definition) is 0. The molecule has 0 amide bonds. The molecule has 0 fully saturated rings. The Morgan fingerprint density at radius 3 is 1.58 bits per heavy atom. The van der Waals surface area contributed by atoms with Crippen molar-refractivity contribution < 1.29 is 0 Å². The normalized spacial score (nSPS) is 13.6. The molecule has 1 aliphatic carbocycles. The quantitative estimate of drug-likeness (QED) is 0.177. The summed E-state index contributed by atoms with van der Waals surface area (Å²) >= 11 is 0. The van der Waals surface area contributed by atoms with Crippen LogP contribution in [0.5, 0.6) is 0 Å². The van der Waals surface area contributed by atoms with Gasteiger partial charge >= 0.3 is 0 Å². The minimum atomic E-state index is -0.218. The molecule has 250 valence electrons. The van der Waals surface area contributed by atoms with Crippen LogP contribution >= 0.6 is 0 Å². The van der Waals surface area contributed by atoms with E-state index >= 15 is 0 Å². The minimum absolute atomic E-state index is 0.218. The molecular formula is C51H36N2. The lowest BCUT2D eigenvalue weighted by Gasteiger charge is -2.43. The largest absolute Gasteiger partial charge is 0.310 e. The summed E-state index contributed by atoms with van der Waals surface area (Å²) in [6, 6.07) is 67.4. The van der Waals surface area contributed by atoms with E-state index in [1.807, 2.05) is 0 Å². The zero-order valence-corrected chi connectivity index (χ0v) is 29.7. The van der Waals surface area contributed by atoms with Crippen LogP contribution in [0.15, 0.2) is 182 Å². The van der Waals surface area contributed by atoms with Gasteiger partial charge in [0.05, 0.1) is 28.1 Å². The standard InChI is InChI=1S/C51H36N2/c1-51(2)43-26-12-15-29-47(43)52(33-17-4-3-5-18-33)49-32-42-36-21-8-9-24-39(36)50-40(34-19-6-7-20-35(34)41(42)31-44(49)51)25-16-30-48(50)53-45-27-13-10-22-37(45)38-23-11-14-28-46(38)53/h3-32H,1-2H3. The average Bonchev–Trinajstić information content (AvgIpc) is 3.54. The lowest BCUT2D eigenvalue weighted by Crippen LogP contribution is -2.30. The fourth-order valence-electron chi connectivity index (χ4n) is 9.35. The highest BCUT2D eigenvalue weighted by molar-refractivity contribution is 6.12. The molecule has 2 aliphatic rings. The minimum Gasteiger partial charge on any atom is -0.310 e. The van der Waals surface area contributed by atoms with Crippen LogP contribution in [-0.2, 0) is 5.41 Å². The second-order valence-electron chi connectivity index (χ2n) is 14.9. The number of hydrogen-bond acceptors (Lipinski definition) is 1. The first-order valence-electron chi connectivity index (χ1n) is 18.5. The molecule has 0 atom stereocenters. The maximum Gasteiger partial charge on any atom is 0.0547 e. The van der Waals surface area contributed by atoms with Gasteiger partial charge in [-0.05, 0) is 98.6 Å². The summed E-state index contributed by atoms with van der Waals surface area (Å²) in [5, 5.41) is 2.53. The van der Waals surface area contributed by atoms with Crippen molar-refractivity contribution in [1.29, 1.82) is 0 Å². The van der Waals surface area contributed by atoms with Gasteiger partial charge in [-0.3, -0.25) is 0 Å². The van der Waals surface area contributed by atoms with Crippen molar-refractivity contribution in [2.75, 3.05) is 4.90 Å². The highest BCUT2D eigenvalue weighted by Gasteiger charge is 2.38. The van der Waals surface area contributed by atoms with Gasteiger partial charge in [-0.25, -0.2) is 0 Å². The Morgan fingerprint density at radius 1 is 0.358 bits per heavy atom.